The second-order valence-corrected chi connectivity index (χ2v) is 5.18. The van der Waals surface area contributed by atoms with Gasteiger partial charge in [-0.05, 0) is 23.3 Å². The van der Waals surface area contributed by atoms with Gasteiger partial charge >= 0.3 is 17.8 Å². The van der Waals surface area contributed by atoms with Crippen molar-refractivity contribution in [2.45, 2.75) is 13.1 Å². The van der Waals surface area contributed by atoms with Crippen LogP contribution in [-0.2, 0) is 22.7 Å². The van der Waals surface area contributed by atoms with Gasteiger partial charge in [0.2, 0.25) is 0 Å². The lowest BCUT2D eigenvalue weighted by molar-refractivity contribution is -0.143. The summed E-state index contributed by atoms with van der Waals surface area (Å²) >= 11 is 0. The predicted octanol–water partition coefficient (Wildman–Crippen LogP) is 2.32. The van der Waals surface area contributed by atoms with Crippen molar-refractivity contribution >= 4 is 17.8 Å². The number of carbonyl (C=O) groups is 3. The second kappa shape index (κ2) is 6.00. The molecular weight excluding hydrogens is 299 g/mol. The lowest BCUT2D eigenvalue weighted by atomic mass is 10.2. The predicted molar refractivity (Wildman–Crippen MR) is 79.3 cm³/mol. The fourth-order valence-electron chi connectivity index (χ4n) is 2.37. The Kier molecular flexibility index (Phi) is 3.89. The number of imide groups is 2. The standard InChI is InChI=1S/C17H13FN2O3/c18-14-8-6-13(7-9-14)11-20-16(22)15(21)19(17(20)23)10-12-4-2-1-3-5-12/h1-9H,10-11H2. The van der Waals surface area contributed by atoms with Crippen molar-refractivity contribution in [2.75, 3.05) is 0 Å². The molecule has 4 amide bonds. The molecule has 3 rings (SSSR count). The summed E-state index contributed by atoms with van der Waals surface area (Å²) in [7, 11) is 0. The molecule has 1 saturated heterocycles. The Morgan fingerprint density at radius 2 is 1.17 bits per heavy atom. The van der Waals surface area contributed by atoms with Crippen LogP contribution in [0.15, 0.2) is 54.6 Å². The molecule has 0 radical (unpaired) electrons. The third-order valence-electron chi connectivity index (χ3n) is 3.57. The first kappa shape index (κ1) is 14.9. The highest BCUT2D eigenvalue weighted by Gasteiger charge is 2.44. The molecule has 0 unspecified atom stereocenters. The third-order valence-corrected chi connectivity index (χ3v) is 3.57. The number of hydrogen-bond acceptors (Lipinski definition) is 3. The number of nitrogens with zero attached hydrogens (tertiary/aromatic N) is 2. The molecule has 0 aromatic heterocycles. The normalized spacial score (nSPS) is 14.7. The highest BCUT2D eigenvalue weighted by molar-refractivity contribution is 6.44. The van der Waals surface area contributed by atoms with Gasteiger partial charge < -0.3 is 0 Å². The maximum atomic E-state index is 12.9. The van der Waals surface area contributed by atoms with Gasteiger partial charge in [0.15, 0.2) is 0 Å². The summed E-state index contributed by atoms with van der Waals surface area (Å²) in [6.45, 7) is -0.0147. The van der Waals surface area contributed by atoms with Gasteiger partial charge in [-0.3, -0.25) is 19.4 Å². The van der Waals surface area contributed by atoms with Crippen LogP contribution in [0.1, 0.15) is 11.1 Å². The van der Waals surface area contributed by atoms with Gasteiger partial charge in [-0.1, -0.05) is 42.5 Å². The Labute approximate surface area is 131 Å². The van der Waals surface area contributed by atoms with E-state index in [0.717, 1.165) is 15.4 Å². The van der Waals surface area contributed by atoms with Gasteiger partial charge in [-0.2, -0.15) is 0 Å². The van der Waals surface area contributed by atoms with Gasteiger partial charge in [-0.25, -0.2) is 9.18 Å². The van der Waals surface area contributed by atoms with Gasteiger partial charge in [0, 0.05) is 0 Å². The molecule has 116 valence electrons. The molecule has 1 aliphatic rings. The maximum absolute atomic E-state index is 12.9. The molecule has 2 aromatic carbocycles. The molecule has 1 heterocycles. The highest BCUT2D eigenvalue weighted by atomic mass is 19.1. The van der Waals surface area contributed by atoms with E-state index in [1.165, 1.54) is 24.3 Å². The molecule has 0 aliphatic carbocycles. The van der Waals surface area contributed by atoms with Crippen LogP contribution in [0.2, 0.25) is 0 Å². The molecule has 0 bridgehead atoms. The van der Waals surface area contributed by atoms with E-state index in [4.69, 9.17) is 0 Å². The molecule has 6 heteroatoms. The first-order valence-electron chi connectivity index (χ1n) is 7.02. The van der Waals surface area contributed by atoms with Crippen molar-refractivity contribution in [3.05, 3.63) is 71.5 Å². The molecule has 1 fully saturated rings. The Balaban J connectivity index is 1.78. The van der Waals surface area contributed by atoms with Crippen molar-refractivity contribution in [1.29, 1.82) is 0 Å². The van der Waals surface area contributed by atoms with E-state index >= 15 is 0 Å². The average molecular weight is 312 g/mol. The van der Waals surface area contributed by atoms with Crippen molar-refractivity contribution in [3.63, 3.8) is 0 Å². The molecule has 23 heavy (non-hydrogen) atoms. The lowest BCUT2D eigenvalue weighted by Gasteiger charge is -2.15. The van der Waals surface area contributed by atoms with Crippen molar-refractivity contribution in [2.24, 2.45) is 0 Å². The summed E-state index contributed by atoms with van der Waals surface area (Å²) in [6.07, 6.45) is 0. The van der Waals surface area contributed by atoms with Crippen LogP contribution in [-0.4, -0.2) is 27.6 Å². The molecule has 1 aliphatic heterocycles. The second-order valence-electron chi connectivity index (χ2n) is 5.18. The summed E-state index contributed by atoms with van der Waals surface area (Å²) in [5.74, 6) is -2.12. The summed E-state index contributed by atoms with van der Waals surface area (Å²) in [5.41, 5.74) is 1.33. The fourth-order valence-corrected chi connectivity index (χ4v) is 2.37. The number of halogens is 1. The Hall–Kier alpha value is -3.02. The third kappa shape index (κ3) is 2.96. The topological polar surface area (TPSA) is 57.7 Å². The number of benzene rings is 2. The van der Waals surface area contributed by atoms with Crippen molar-refractivity contribution in [1.82, 2.24) is 9.80 Å². The molecular formula is C17H13FN2O3. The van der Waals surface area contributed by atoms with Crippen LogP contribution >= 0.6 is 0 Å². The molecule has 5 nitrogen and oxygen atoms in total. The average Bonchev–Trinajstić information content (AvgIpc) is 2.76. The van der Waals surface area contributed by atoms with Crippen LogP contribution in [0.3, 0.4) is 0 Å². The van der Waals surface area contributed by atoms with Crippen molar-refractivity contribution < 1.29 is 18.8 Å². The number of urea groups is 1. The maximum Gasteiger partial charge on any atom is 0.334 e. The molecule has 0 saturated carbocycles. The minimum absolute atomic E-state index is 0.0458. The van der Waals surface area contributed by atoms with Crippen LogP contribution < -0.4 is 0 Å². The molecule has 0 spiro atoms. The number of carbonyl (C=O) groups excluding carboxylic acids is 3. The Morgan fingerprint density at radius 3 is 1.70 bits per heavy atom. The van der Waals surface area contributed by atoms with Crippen LogP contribution in [0.25, 0.3) is 0 Å². The monoisotopic (exact) mass is 312 g/mol. The lowest BCUT2D eigenvalue weighted by Crippen LogP contribution is -2.32. The first-order valence-corrected chi connectivity index (χ1v) is 7.02. The van der Waals surface area contributed by atoms with E-state index in [9.17, 15) is 18.8 Å². The van der Waals surface area contributed by atoms with Crippen LogP contribution in [0.5, 0.6) is 0 Å². The summed E-state index contributed by atoms with van der Waals surface area (Å²) in [6, 6.07) is 13.7. The smallest absolute Gasteiger partial charge is 0.263 e. The minimum Gasteiger partial charge on any atom is -0.263 e. The van der Waals surface area contributed by atoms with E-state index in [1.807, 2.05) is 6.07 Å². The zero-order chi connectivity index (χ0) is 16.4. The molecule has 2 aromatic rings. The van der Waals surface area contributed by atoms with Crippen LogP contribution in [0.4, 0.5) is 9.18 Å². The van der Waals surface area contributed by atoms with Crippen molar-refractivity contribution in [3.8, 4) is 0 Å². The van der Waals surface area contributed by atoms with Gasteiger partial charge in [-0.15, -0.1) is 0 Å². The SMILES string of the molecule is O=C1C(=O)N(Cc2ccc(F)cc2)C(=O)N1Cc1ccccc1. The van der Waals surface area contributed by atoms with Gasteiger partial charge in [0.25, 0.3) is 0 Å². The largest absolute Gasteiger partial charge is 0.334 e. The molecule has 0 N–H and O–H groups in total. The van der Waals surface area contributed by atoms with E-state index in [2.05, 4.69) is 0 Å². The summed E-state index contributed by atoms with van der Waals surface area (Å²) in [5, 5.41) is 0. The zero-order valence-corrected chi connectivity index (χ0v) is 12.1. The number of rotatable bonds is 4. The van der Waals surface area contributed by atoms with Crippen LogP contribution in [0, 0.1) is 5.82 Å². The quantitative estimate of drug-likeness (QED) is 0.643. The molecule has 0 atom stereocenters. The summed E-state index contributed by atoms with van der Waals surface area (Å²) in [4.78, 5) is 38.2. The van der Waals surface area contributed by atoms with E-state index < -0.39 is 23.7 Å². The zero-order valence-electron chi connectivity index (χ0n) is 12.1. The first-order chi connectivity index (χ1) is 11.1. The number of amides is 4. The minimum atomic E-state index is -0.866. The Morgan fingerprint density at radius 1 is 0.696 bits per heavy atom. The van der Waals surface area contributed by atoms with E-state index in [0.29, 0.717) is 5.56 Å². The van der Waals surface area contributed by atoms with Gasteiger partial charge in [0.1, 0.15) is 5.82 Å². The van der Waals surface area contributed by atoms with E-state index in [-0.39, 0.29) is 13.1 Å². The fraction of sp³-hybridized carbons (Fsp3) is 0.118. The Bertz CT molecular complexity index is 759. The van der Waals surface area contributed by atoms with Gasteiger partial charge in [0.05, 0.1) is 13.1 Å². The summed E-state index contributed by atoms with van der Waals surface area (Å²) < 4.78 is 12.9. The number of hydrogen-bond donors (Lipinski definition) is 0. The van der Waals surface area contributed by atoms with E-state index in [1.54, 1.807) is 24.3 Å². The highest BCUT2D eigenvalue weighted by Crippen LogP contribution is 2.18.